The van der Waals surface area contributed by atoms with E-state index < -0.39 is 0 Å². The molecule has 1 rings (SSSR count). The molecule has 0 saturated heterocycles. The zero-order valence-corrected chi connectivity index (χ0v) is 5.94. The molecule has 0 aromatic heterocycles. The molecule has 0 aliphatic rings. The van der Waals surface area contributed by atoms with Crippen molar-refractivity contribution in [2.45, 2.75) is 6.61 Å². The van der Waals surface area contributed by atoms with Gasteiger partial charge in [0.25, 0.3) is 0 Å². The lowest BCUT2D eigenvalue weighted by Crippen LogP contribution is -1.84. The normalized spacial score (nSPS) is 10.6. The summed E-state index contributed by atoms with van der Waals surface area (Å²) >= 11 is 0. The van der Waals surface area contributed by atoms with Crippen LogP contribution in [0.4, 0.5) is 0 Å². The van der Waals surface area contributed by atoms with Gasteiger partial charge in [0, 0.05) is 0 Å². The first-order valence-electron chi connectivity index (χ1n) is 3.24. The van der Waals surface area contributed by atoms with E-state index in [1.165, 1.54) is 6.21 Å². The fraction of sp³-hybridized carbons (Fsp3) is 0.125. The zero-order chi connectivity index (χ0) is 8.10. The third-order valence-corrected chi connectivity index (χ3v) is 1.37. The SMILES string of the molecule is OCc1ccc(C=NO)cc1. The molecule has 0 heterocycles. The number of aliphatic hydroxyl groups is 1. The van der Waals surface area contributed by atoms with Gasteiger partial charge in [-0.2, -0.15) is 0 Å². The summed E-state index contributed by atoms with van der Waals surface area (Å²) in [5.74, 6) is 0. The maximum atomic E-state index is 8.68. The summed E-state index contributed by atoms with van der Waals surface area (Å²) in [4.78, 5) is 0. The minimum Gasteiger partial charge on any atom is -0.411 e. The van der Waals surface area contributed by atoms with E-state index in [1.54, 1.807) is 24.3 Å². The topological polar surface area (TPSA) is 52.8 Å². The van der Waals surface area contributed by atoms with Crippen molar-refractivity contribution < 1.29 is 10.3 Å². The first kappa shape index (κ1) is 7.75. The maximum Gasteiger partial charge on any atom is 0.0733 e. The van der Waals surface area contributed by atoms with Crippen LogP contribution in [0.5, 0.6) is 0 Å². The van der Waals surface area contributed by atoms with Gasteiger partial charge in [-0.3, -0.25) is 0 Å². The van der Waals surface area contributed by atoms with Crippen molar-refractivity contribution >= 4 is 6.21 Å². The van der Waals surface area contributed by atoms with E-state index in [9.17, 15) is 0 Å². The van der Waals surface area contributed by atoms with Crippen molar-refractivity contribution in [1.82, 2.24) is 0 Å². The second-order valence-corrected chi connectivity index (χ2v) is 2.14. The van der Waals surface area contributed by atoms with Crippen molar-refractivity contribution in [1.29, 1.82) is 0 Å². The van der Waals surface area contributed by atoms with E-state index >= 15 is 0 Å². The monoisotopic (exact) mass is 151 g/mol. The molecule has 0 aliphatic carbocycles. The molecule has 0 unspecified atom stereocenters. The molecule has 2 N–H and O–H groups in total. The molecule has 58 valence electrons. The van der Waals surface area contributed by atoms with Crippen LogP contribution in [0.2, 0.25) is 0 Å². The molecule has 0 saturated carbocycles. The minimum atomic E-state index is 0.0382. The van der Waals surface area contributed by atoms with Gasteiger partial charge in [0.05, 0.1) is 12.8 Å². The van der Waals surface area contributed by atoms with E-state index in [1.807, 2.05) is 0 Å². The van der Waals surface area contributed by atoms with Crippen LogP contribution in [0.1, 0.15) is 11.1 Å². The van der Waals surface area contributed by atoms with Crippen molar-refractivity contribution in [2.75, 3.05) is 0 Å². The zero-order valence-electron chi connectivity index (χ0n) is 5.94. The van der Waals surface area contributed by atoms with Crippen LogP contribution in [0.3, 0.4) is 0 Å². The lowest BCUT2D eigenvalue weighted by atomic mass is 10.2. The van der Waals surface area contributed by atoms with Gasteiger partial charge in [0.2, 0.25) is 0 Å². The highest BCUT2D eigenvalue weighted by Crippen LogP contribution is 2.01. The first-order chi connectivity index (χ1) is 5.36. The lowest BCUT2D eigenvalue weighted by Gasteiger charge is -1.94. The van der Waals surface area contributed by atoms with Crippen molar-refractivity contribution in [3.63, 3.8) is 0 Å². The highest BCUT2D eigenvalue weighted by Gasteiger charge is 1.89. The molecule has 0 radical (unpaired) electrons. The van der Waals surface area contributed by atoms with Gasteiger partial charge < -0.3 is 10.3 Å². The molecule has 1 aromatic rings. The average molecular weight is 151 g/mol. The van der Waals surface area contributed by atoms with E-state index in [0.29, 0.717) is 0 Å². The molecule has 3 heteroatoms. The Hall–Kier alpha value is -1.35. The average Bonchev–Trinajstić information content (AvgIpc) is 2.07. The number of aliphatic hydroxyl groups excluding tert-OH is 1. The van der Waals surface area contributed by atoms with Gasteiger partial charge in [-0.1, -0.05) is 29.4 Å². The van der Waals surface area contributed by atoms with Crippen LogP contribution < -0.4 is 0 Å². The summed E-state index contributed by atoms with van der Waals surface area (Å²) < 4.78 is 0. The quantitative estimate of drug-likeness (QED) is 0.376. The Balaban J connectivity index is 2.82. The number of benzene rings is 1. The molecule has 1 aromatic carbocycles. The Labute approximate surface area is 64.6 Å². The van der Waals surface area contributed by atoms with Gasteiger partial charge in [-0.15, -0.1) is 0 Å². The minimum absolute atomic E-state index is 0.0382. The fourth-order valence-corrected chi connectivity index (χ4v) is 0.776. The molecule has 0 atom stereocenters. The molecular weight excluding hydrogens is 142 g/mol. The third-order valence-electron chi connectivity index (χ3n) is 1.37. The number of rotatable bonds is 2. The highest BCUT2D eigenvalue weighted by molar-refractivity contribution is 5.78. The molecule has 11 heavy (non-hydrogen) atoms. The van der Waals surface area contributed by atoms with Gasteiger partial charge in [-0.25, -0.2) is 0 Å². The Kier molecular flexibility index (Phi) is 2.63. The van der Waals surface area contributed by atoms with Crippen molar-refractivity contribution in [3.05, 3.63) is 35.4 Å². The second kappa shape index (κ2) is 3.73. The van der Waals surface area contributed by atoms with Crippen LogP contribution >= 0.6 is 0 Å². The Morgan fingerprint density at radius 3 is 2.36 bits per heavy atom. The number of hydrogen-bond donors (Lipinski definition) is 2. The van der Waals surface area contributed by atoms with E-state index in [4.69, 9.17) is 10.3 Å². The van der Waals surface area contributed by atoms with Crippen LogP contribution in [0.15, 0.2) is 29.4 Å². The summed E-state index contributed by atoms with van der Waals surface area (Å²) in [7, 11) is 0. The molecule has 0 fully saturated rings. The molecular formula is C8H9NO2. The highest BCUT2D eigenvalue weighted by atomic mass is 16.4. The molecule has 0 aliphatic heterocycles. The van der Waals surface area contributed by atoms with Crippen molar-refractivity contribution in [2.24, 2.45) is 5.16 Å². The maximum absolute atomic E-state index is 8.68. The van der Waals surface area contributed by atoms with E-state index in [2.05, 4.69) is 5.16 Å². The molecule has 0 bridgehead atoms. The third kappa shape index (κ3) is 2.05. The molecule has 3 nitrogen and oxygen atoms in total. The van der Waals surface area contributed by atoms with Crippen molar-refractivity contribution in [3.8, 4) is 0 Å². The first-order valence-corrected chi connectivity index (χ1v) is 3.24. The fourth-order valence-electron chi connectivity index (χ4n) is 0.776. The van der Waals surface area contributed by atoms with Gasteiger partial charge in [-0.05, 0) is 11.1 Å². The largest absolute Gasteiger partial charge is 0.411 e. The Morgan fingerprint density at radius 1 is 1.27 bits per heavy atom. The van der Waals surface area contributed by atoms with Crippen LogP contribution in [0.25, 0.3) is 0 Å². The molecule has 0 spiro atoms. The second-order valence-electron chi connectivity index (χ2n) is 2.14. The standard InChI is InChI=1S/C8H9NO2/c10-6-8-3-1-7(2-4-8)5-9-11/h1-5,10-11H,6H2. The van der Waals surface area contributed by atoms with E-state index in [0.717, 1.165) is 11.1 Å². The van der Waals surface area contributed by atoms with Crippen LogP contribution in [-0.2, 0) is 6.61 Å². The number of nitrogens with zero attached hydrogens (tertiary/aromatic N) is 1. The Morgan fingerprint density at radius 2 is 1.91 bits per heavy atom. The summed E-state index contributed by atoms with van der Waals surface area (Å²) in [5, 5.41) is 19.7. The van der Waals surface area contributed by atoms with Gasteiger partial charge >= 0.3 is 0 Å². The van der Waals surface area contributed by atoms with E-state index in [-0.39, 0.29) is 6.61 Å². The number of hydrogen-bond acceptors (Lipinski definition) is 3. The van der Waals surface area contributed by atoms with Gasteiger partial charge in [0.1, 0.15) is 0 Å². The predicted octanol–water partition coefficient (Wildman–Crippen LogP) is 0.987. The van der Waals surface area contributed by atoms with Crippen LogP contribution in [-0.4, -0.2) is 16.5 Å². The summed E-state index contributed by atoms with van der Waals surface area (Å²) in [5.41, 5.74) is 1.66. The predicted molar refractivity (Wildman–Crippen MR) is 41.7 cm³/mol. The van der Waals surface area contributed by atoms with Crippen LogP contribution in [0, 0.1) is 0 Å². The number of oxime groups is 1. The van der Waals surface area contributed by atoms with Gasteiger partial charge in [0.15, 0.2) is 0 Å². The lowest BCUT2D eigenvalue weighted by molar-refractivity contribution is 0.282. The smallest absolute Gasteiger partial charge is 0.0733 e. The summed E-state index contributed by atoms with van der Waals surface area (Å²) in [6.07, 6.45) is 1.33. The molecule has 0 amide bonds. The summed E-state index contributed by atoms with van der Waals surface area (Å²) in [6.45, 7) is 0.0382. The Bertz CT molecular complexity index is 241. The summed E-state index contributed by atoms with van der Waals surface area (Å²) in [6, 6.07) is 7.09.